The molecule has 1 unspecified atom stereocenters. The van der Waals surface area contributed by atoms with Crippen LogP contribution in [0.3, 0.4) is 0 Å². The van der Waals surface area contributed by atoms with E-state index in [2.05, 4.69) is 34.7 Å². The highest BCUT2D eigenvalue weighted by molar-refractivity contribution is 5.42. The first kappa shape index (κ1) is 14.3. The first-order valence-electron chi connectivity index (χ1n) is 6.96. The molecule has 106 valence electrons. The predicted molar refractivity (Wildman–Crippen MR) is 83.0 cm³/mol. The number of nitrogens with one attached hydrogen (secondary N) is 3. The van der Waals surface area contributed by atoms with Gasteiger partial charge in [-0.1, -0.05) is 18.2 Å². The number of aromatic amines is 1. The first-order chi connectivity index (χ1) is 9.75. The van der Waals surface area contributed by atoms with Crippen molar-refractivity contribution in [2.45, 2.75) is 19.4 Å². The molecule has 0 spiro atoms. The Bertz CT molecular complexity index is 565. The molecule has 0 saturated heterocycles. The number of pyridine rings is 1. The minimum absolute atomic E-state index is 0.0538. The lowest BCUT2D eigenvalue weighted by atomic mass is 10.1. The lowest BCUT2D eigenvalue weighted by molar-refractivity contribution is 0.564. The predicted octanol–water partition coefficient (Wildman–Crippen LogP) is 2.53. The average molecular weight is 271 g/mol. The Labute approximate surface area is 119 Å². The smallest absolute Gasteiger partial charge is 0.248 e. The highest BCUT2D eigenvalue weighted by atomic mass is 16.1. The van der Waals surface area contributed by atoms with E-state index in [-0.39, 0.29) is 11.6 Å². The van der Waals surface area contributed by atoms with E-state index in [1.54, 1.807) is 12.3 Å². The summed E-state index contributed by atoms with van der Waals surface area (Å²) >= 11 is 0. The average Bonchev–Trinajstić information content (AvgIpc) is 2.48. The molecule has 20 heavy (non-hydrogen) atoms. The largest absolute Gasteiger partial charge is 0.385 e. The molecule has 4 nitrogen and oxygen atoms in total. The Kier molecular flexibility index (Phi) is 5.38. The number of H-pyrrole nitrogens is 1. The lowest BCUT2D eigenvalue weighted by Crippen LogP contribution is -2.22. The van der Waals surface area contributed by atoms with E-state index >= 15 is 0 Å². The van der Waals surface area contributed by atoms with Crippen molar-refractivity contribution in [3.63, 3.8) is 0 Å². The van der Waals surface area contributed by atoms with Crippen molar-refractivity contribution in [1.29, 1.82) is 0 Å². The van der Waals surface area contributed by atoms with Crippen molar-refractivity contribution < 1.29 is 0 Å². The van der Waals surface area contributed by atoms with Crippen LogP contribution in [0.5, 0.6) is 0 Å². The molecule has 0 aliphatic rings. The fourth-order valence-corrected chi connectivity index (χ4v) is 2.04. The van der Waals surface area contributed by atoms with Gasteiger partial charge in [-0.05, 0) is 43.7 Å². The zero-order valence-electron chi connectivity index (χ0n) is 11.7. The number of hydrogen-bond acceptors (Lipinski definition) is 3. The van der Waals surface area contributed by atoms with Crippen LogP contribution in [0.1, 0.15) is 24.9 Å². The van der Waals surface area contributed by atoms with Crippen LogP contribution in [0.2, 0.25) is 0 Å². The summed E-state index contributed by atoms with van der Waals surface area (Å²) in [4.78, 5) is 13.9. The Hall–Kier alpha value is -2.07. The van der Waals surface area contributed by atoms with Crippen LogP contribution in [-0.2, 0) is 0 Å². The first-order valence-corrected chi connectivity index (χ1v) is 6.96. The standard InChI is InChI=1S/C16H21N3O/c1-13(14-8-11-19-16(20)12-14)17-9-5-10-18-15-6-3-2-4-7-15/h2-4,6-8,11-13,17-18H,5,9-10H2,1H3,(H,19,20). The molecule has 1 aromatic carbocycles. The number of para-hydroxylation sites is 1. The summed E-state index contributed by atoms with van der Waals surface area (Å²) in [7, 11) is 0. The van der Waals surface area contributed by atoms with Gasteiger partial charge in [0.2, 0.25) is 5.56 Å². The van der Waals surface area contributed by atoms with E-state index in [9.17, 15) is 4.79 Å². The van der Waals surface area contributed by atoms with E-state index in [1.165, 1.54) is 0 Å². The Morgan fingerprint density at radius 2 is 1.95 bits per heavy atom. The maximum absolute atomic E-state index is 11.2. The van der Waals surface area contributed by atoms with Crippen LogP contribution in [0.15, 0.2) is 53.5 Å². The maximum Gasteiger partial charge on any atom is 0.248 e. The molecule has 0 saturated carbocycles. The SMILES string of the molecule is CC(NCCCNc1ccccc1)c1cc[nH]c(=O)c1. The molecule has 1 aromatic heterocycles. The zero-order chi connectivity index (χ0) is 14.2. The lowest BCUT2D eigenvalue weighted by Gasteiger charge is -2.14. The zero-order valence-corrected chi connectivity index (χ0v) is 11.7. The van der Waals surface area contributed by atoms with Gasteiger partial charge in [-0.15, -0.1) is 0 Å². The van der Waals surface area contributed by atoms with Gasteiger partial charge in [0.1, 0.15) is 0 Å². The molecule has 0 radical (unpaired) electrons. The third-order valence-corrected chi connectivity index (χ3v) is 3.21. The Morgan fingerprint density at radius 1 is 1.15 bits per heavy atom. The third kappa shape index (κ3) is 4.55. The van der Waals surface area contributed by atoms with Gasteiger partial charge in [0.25, 0.3) is 0 Å². The molecular weight excluding hydrogens is 250 g/mol. The van der Waals surface area contributed by atoms with Crippen LogP contribution in [0.4, 0.5) is 5.69 Å². The maximum atomic E-state index is 11.2. The molecular formula is C16H21N3O. The van der Waals surface area contributed by atoms with E-state index in [0.29, 0.717) is 0 Å². The van der Waals surface area contributed by atoms with Gasteiger partial charge in [-0.2, -0.15) is 0 Å². The molecule has 0 aliphatic carbocycles. The molecule has 0 fully saturated rings. The second kappa shape index (κ2) is 7.50. The van der Waals surface area contributed by atoms with Crippen molar-refractivity contribution in [1.82, 2.24) is 10.3 Å². The van der Waals surface area contributed by atoms with E-state index in [4.69, 9.17) is 0 Å². The highest BCUT2D eigenvalue weighted by Crippen LogP contribution is 2.08. The topological polar surface area (TPSA) is 56.9 Å². The molecule has 0 aliphatic heterocycles. The molecule has 3 N–H and O–H groups in total. The number of benzene rings is 1. The van der Waals surface area contributed by atoms with Crippen molar-refractivity contribution >= 4 is 5.69 Å². The molecule has 4 heteroatoms. The van der Waals surface area contributed by atoms with Crippen molar-refractivity contribution in [3.05, 3.63) is 64.6 Å². The number of anilines is 1. The summed E-state index contributed by atoms with van der Waals surface area (Å²) in [5.74, 6) is 0. The van der Waals surface area contributed by atoms with Crippen LogP contribution >= 0.6 is 0 Å². The molecule has 1 atom stereocenters. The molecule has 2 rings (SSSR count). The summed E-state index contributed by atoms with van der Waals surface area (Å²) in [6.07, 6.45) is 2.72. The van der Waals surface area contributed by atoms with Gasteiger partial charge in [-0.25, -0.2) is 0 Å². The van der Waals surface area contributed by atoms with Crippen LogP contribution in [0, 0.1) is 0 Å². The van der Waals surface area contributed by atoms with Gasteiger partial charge in [0.15, 0.2) is 0 Å². The van der Waals surface area contributed by atoms with Crippen molar-refractivity contribution in [3.8, 4) is 0 Å². The summed E-state index contributed by atoms with van der Waals surface area (Å²) in [5.41, 5.74) is 2.11. The second-order valence-electron chi connectivity index (χ2n) is 4.81. The number of hydrogen-bond donors (Lipinski definition) is 3. The highest BCUT2D eigenvalue weighted by Gasteiger charge is 2.04. The normalized spacial score (nSPS) is 12.1. The number of aromatic nitrogens is 1. The second-order valence-corrected chi connectivity index (χ2v) is 4.81. The minimum atomic E-state index is -0.0538. The summed E-state index contributed by atoms with van der Waals surface area (Å²) in [6, 6.07) is 13.9. The summed E-state index contributed by atoms with van der Waals surface area (Å²) in [6.45, 7) is 3.91. The van der Waals surface area contributed by atoms with Gasteiger partial charge >= 0.3 is 0 Å². The monoisotopic (exact) mass is 271 g/mol. The molecule has 0 amide bonds. The van der Waals surface area contributed by atoms with E-state index in [0.717, 1.165) is 30.8 Å². The fraction of sp³-hybridized carbons (Fsp3) is 0.312. The molecule has 1 heterocycles. The van der Waals surface area contributed by atoms with Crippen molar-refractivity contribution in [2.24, 2.45) is 0 Å². The minimum Gasteiger partial charge on any atom is -0.385 e. The van der Waals surface area contributed by atoms with Crippen LogP contribution < -0.4 is 16.2 Å². The van der Waals surface area contributed by atoms with Crippen LogP contribution in [0.25, 0.3) is 0 Å². The van der Waals surface area contributed by atoms with Crippen molar-refractivity contribution in [2.75, 3.05) is 18.4 Å². The van der Waals surface area contributed by atoms with Gasteiger partial charge in [0.05, 0.1) is 0 Å². The number of rotatable bonds is 7. The fourth-order valence-electron chi connectivity index (χ4n) is 2.04. The van der Waals surface area contributed by atoms with E-state index < -0.39 is 0 Å². The van der Waals surface area contributed by atoms with E-state index in [1.807, 2.05) is 24.3 Å². The van der Waals surface area contributed by atoms with Gasteiger partial charge in [0, 0.05) is 30.5 Å². The van der Waals surface area contributed by atoms with Gasteiger partial charge in [-0.3, -0.25) is 4.79 Å². The van der Waals surface area contributed by atoms with Crippen LogP contribution in [-0.4, -0.2) is 18.1 Å². The molecule has 2 aromatic rings. The van der Waals surface area contributed by atoms with Gasteiger partial charge < -0.3 is 15.6 Å². The summed E-state index contributed by atoms with van der Waals surface area (Å²) < 4.78 is 0. The summed E-state index contributed by atoms with van der Waals surface area (Å²) in [5, 5.41) is 6.79. The third-order valence-electron chi connectivity index (χ3n) is 3.21. The Morgan fingerprint density at radius 3 is 2.70 bits per heavy atom. The molecule has 0 bridgehead atoms. The quantitative estimate of drug-likeness (QED) is 0.678. The Balaban J connectivity index is 1.67.